The standard InChI is InChI=1S/C7H13NO3/c1-5(2)6(8)7(10)11-4-3-9/h3,5-6H,4,8H2,1-2H3. The van der Waals surface area contributed by atoms with Crippen LogP contribution >= 0.6 is 0 Å². The van der Waals surface area contributed by atoms with E-state index in [-0.39, 0.29) is 12.5 Å². The number of esters is 1. The SMILES string of the molecule is CC(C)C(N)C(=O)OCC=O. The van der Waals surface area contributed by atoms with Crippen molar-refractivity contribution in [3.05, 3.63) is 0 Å². The summed E-state index contributed by atoms with van der Waals surface area (Å²) in [4.78, 5) is 20.6. The molecule has 0 amide bonds. The van der Waals surface area contributed by atoms with Crippen molar-refractivity contribution in [2.45, 2.75) is 19.9 Å². The zero-order chi connectivity index (χ0) is 8.85. The van der Waals surface area contributed by atoms with E-state index in [0.29, 0.717) is 6.29 Å². The van der Waals surface area contributed by atoms with Crippen LogP contribution < -0.4 is 5.73 Å². The van der Waals surface area contributed by atoms with Crippen LogP contribution in [0.5, 0.6) is 0 Å². The highest BCUT2D eigenvalue weighted by Crippen LogP contribution is 1.99. The summed E-state index contributed by atoms with van der Waals surface area (Å²) in [5.41, 5.74) is 5.41. The second-order valence-electron chi connectivity index (χ2n) is 2.57. The van der Waals surface area contributed by atoms with Gasteiger partial charge >= 0.3 is 5.97 Å². The second-order valence-corrected chi connectivity index (χ2v) is 2.57. The molecule has 2 N–H and O–H groups in total. The smallest absolute Gasteiger partial charge is 0.323 e. The summed E-state index contributed by atoms with van der Waals surface area (Å²) in [7, 11) is 0. The highest BCUT2D eigenvalue weighted by molar-refractivity contribution is 5.77. The molecule has 0 aliphatic heterocycles. The topological polar surface area (TPSA) is 69.4 Å². The van der Waals surface area contributed by atoms with Crippen LogP contribution in [0, 0.1) is 5.92 Å². The minimum atomic E-state index is -0.630. The van der Waals surface area contributed by atoms with Crippen LogP contribution in [0.2, 0.25) is 0 Å². The first-order valence-electron chi connectivity index (χ1n) is 3.45. The molecule has 0 spiro atoms. The first kappa shape index (κ1) is 10.1. The van der Waals surface area contributed by atoms with Crippen LogP contribution in [0.15, 0.2) is 0 Å². The normalized spacial score (nSPS) is 12.7. The van der Waals surface area contributed by atoms with Gasteiger partial charge in [-0.25, -0.2) is 0 Å². The van der Waals surface area contributed by atoms with Crippen molar-refractivity contribution in [2.75, 3.05) is 6.61 Å². The number of ether oxygens (including phenoxy) is 1. The first-order chi connectivity index (χ1) is 5.09. The van der Waals surface area contributed by atoms with Gasteiger partial charge < -0.3 is 10.5 Å². The number of hydrogen-bond donors (Lipinski definition) is 1. The van der Waals surface area contributed by atoms with Crippen molar-refractivity contribution >= 4 is 12.3 Å². The van der Waals surface area contributed by atoms with E-state index < -0.39 is 12.0 Å². The van der Waals surface area contributed by atoms with Crippen LogP contribution in [0.1, 0.15) is 13.8 Å². The highest BCUT2D eigenvalue weighted by Gasteiger charge is 2.17. The van der Waals surface area contributed by atoms with Gasteiger partial charge in [-0.05, 0) is 5.92 Å². The summed E-state index contributed by atoms with van der Waals surface area (Å²) in [5, 5.41) is 0. The van der Waals surface area contributed by atoms with Crippen molar-refractivity contribution in [3.63, 3.8) is 0 Å². The molecule has 0 aromatic carbocycles. The van der Waals surface area contributed by atoms with E-state index in [9.17, 15) is 9.59 Å². The van der Waals surface area contributed by atoms with Crippen LogP contribution in [-0.4, -0.2) is 24.9 Å². The number of hydrogen-bond acceptors (Lipinski definition) is 4. The highest BCUT2D eigenvalue weighted by atomic mass is 16.5. The summed E-state index contributed by atoms with van der Waals surface area (Å²) in [6, 6.07) is -0.630. The Labute approximate surface area is 65.7 Å². The third kappa shape index (κ3) is 3.72. The Morgan fingerprint density at radius 2 is 2.18 bits per heavy atom. The molecule has 0 heterocycles. The van der Waals surface area contributed by atoms with Crippen molar-refractivity contribution in [1.82, 2.24) is 0 Å². The lowest BCUT2D eigenvalue weighted by Gasteiger charge is -2.12. The predicted molar refractivity (Wildman–Crippen MR) is 39.8 cm³/mol. The maximum Gasteiger partial charge on any atom is 0.323 e. The number of nitrogens with two attached hydrogens (primary N) is 1. The molecule has 0 aromatic rings. The molecule has 4 nitrogen and oxygen atoms in total. The van der Waals surface area contributed by atoms with Gasteiger partial charge in [0.05, 0.1) is 0 Å². The number of carbonyl (C=O) groups excluding carboxylic acids is 2. The van der Waals surface area contributed by atoms with E-state index in [1.54, 1.807) is 0 Å². The zero-order valence-electron chi connectivity index (χ0n) is 6.74. The van der Waals surface area contributed by atoms with Gasteiger partial charge in [-0.15, -0.1) is 0 Å². The van der Waals surface area contributed by atoms with Gasteiger partial charge in [0.15, 0.2) is 6.29 Å². The summed E-state index contributed by atoms with van der Waals surface area (Å²) >= 11 is 0. The third-order valence-electron chi connectivity index (χ3n) is 1.28. The monoisotopic (exact) mass is 159 g/mol. The molecule has 0 fully saturated rings. The number of aldehydes is 1. The van der Waals surface area contributed by atoms with Gasteiger partial charge in [0.2, 0.25) is 0 Å². The molecular formula is C7H13NO3. The molecule has 0 saturated heterocycles. The number of rotatable bonds is 4. The van der Waals surface area contributed by atoms with Gasteiger partial charge in [0, 0.05) is 0 Å². The molecule has 0 rings (SSSR count). The Bertz CT molecular complexity index is 145. The van der Waals surface area contributed by atoms with Gasteiger partial charge in [0.1, 0.15) is 12.6 Å². The van der Waals surface area contributed by atoms with Crippen molar-refractivity contribution in [3.8, 4) is 0 Å². The van der Waals surface area contributed by atoms with E-state index >= 15 is 0 Å². The van der Waals surface area contributed by atoms with Crippen LogP contribution in [0.4, 0.5) is 0 Å². The molecule has 0 aliphatic carbocycles. The second kappa shape index (κ2) is 4.85. The quantitative estimate of drug-likeness (QED) is 0.452. The maximum absolute atomic E-state index is 10.8. The van der Waals surface area contributed by atoms with E-state index in [2.05, 4.69) is 4.74 Å². The minimum Gasteiger partial charge on any atom is -0.457 e. The number of carbonyl (C=O) groups is 2. The fourth-order valence-corrected chi connectivity index (χ4v) is 0.485. The Morgan fingerprint density at radius 3 is 2.55 bits per heavy atom. The average molecular weight is 159 g/mol. The molecule has 11 heavy (non-hydrogen) atoms. The fourth-order valence-electron chi connectivity index (χ4n) is 0.485. The van der Waals surface area contributed by atoms with Gasteiger partial charge in [-0.2, -0.15) is 0 Å². The summed E-state index contributed by atoms with van der Waals surface area (Å²) in [6.45, 7) is 3.42. The van der Waals surface area contributed by atoms with Crippen molar-refractivity contribution in [2.24, 2.45) is 11.7 Å². The lowest BCUT2D eigenvalue weighted by Crippen LogP contribution is -2.37. The Hall–Kier alpha value is -0.900. The molecule has 0 bridgehead atoms. The molecule has 64 valence electrons. The van der Waals surface area contributed by atoms with Crippen molar-refractivity contribution < 1.29 is 14.3 Å². The van der Waals surface area contributed by atoms with E-state index in [0.717, 1.165) is 0 Å². The molecule has 1 atom stereocenters. The molecule has 0 aromatic heterocycles. The lowest BCUT2D eigenvalue weighted by atomic mass is 10.1. The molecule has 0 aliphatic rings. The van der Waals surface area contributed by atoms with E-state index in [1.165, 1.54) is 0 Å². The average Bonchev–Trinajstić information content (AvgIpc) is 1.98. The first-order valence-corrected chi connectivity index (χ1v) is 3.45. The molecular weight excluding hydrogens is 146 g/mol. The third-order valence-corrected chi connectivity index (χ3v) is 1.28. The Kier molecular flexibility index (Phi) is 4.45. The van der Waals surface area contributed by atoms with Crippen LogP contribution in [0.25, 0.3) is 0 Å². The summed E-state index contributed by atoms with van der Waals surface area (Å²) < 4.78 is 4.48. The predicted octanol–water partition coefficient (Wildman–Crippen LogP) is -0.288. The zero-order valence-corrected chi connectivity index (χ0v) is 6.74. The molecule has 0 radical (unpaired) electrons. The van der Waals surface area contributed by atoms with Crippen molar-refractivity contribution in [1.29, 1.82) is 0 Å². The van der Waals surface area contributed by atoms with Crippen LogP contribution in [0.3, 0.4) is 0 Å². The molecule has 1 unspecified atom stereocenters. The summed E-state index contributed by atoms with van der Waals surface area (Å²) in [6.07, 6.45) is 0.519. The maximum atomic E-state index is 10.8. The molecule has 0 saturated carbocycles. The van der Waals surface area contributed by atoms with Gasteiger partial charge in [0.25, 0.3) is 0 Å². The lowest BCUT2D eigenvalue weighted by molar-refractivity contribution is -0.148. The summed E-state index contributed by atoms with van der Waals surface area (Å²) in [5.74, 6) is -0.485. The largest absolute Gasteiger partial charge is 0.457 e. The van der Waals surface area contributed by atoms with E-state index in [4.69, 9.17) is 5.73 Å². The van der Waals surface area contributed by atoms with E-state index in [1.807, 2.05) is 13.8 Å². The van der Waals surface area contributed by atoms with Gasteiger partial charge in [-0.3, -0.25) is 9.59 Å². The Balaban J connectivity index is 3.73. The Morgan fingerprint density at radius 1 is 1.64 bits per heavy atom. The van der Waals surface area contributed by atoms with Crippen LogP contribution in [-0.2, 0) is 14.3 Å². The fraction of sp³-hybridized carbons (Fsp3) is 0.714. The molecule has 4 heteroatoms. The van der Waals surface area contributed by atoms with Gasteiger partial charge in [-0.1, -0.05) is 13.8 Å². The minimum absolute atomic E-state index is 0.0363.